The summed E-state index contributed by atoms with van der Waals surface area (Å²) in [5, 5.41) is 0. The van der Waals surface area contributed by atoms with Crippen LogP contribution in [0.4, 0.5) is 0 Å². The summed E-state index contributed by atoms with van der Waals surface area (Å²) in [6.45, 7) is 5.82. The Bertz CT molecular complexity index is 937. The second-order valence-electron chi connectivity index (χ2n) is 7.53. The fourth-order valence-electron chi connectivity index (χ4n) is 3.42. The third-order valence-electron chi connectivity index (χ3n) is 5.20. The second kappa shape index (κ2) is 7.90. The third-order valence-corrected chi connectivity index (χ3v) is 5.20. The van der Waals surface area contributed by atoms with Crippen molar-refractivity contribution in [3.05, 3.63) is 62.7 Å². The first-order chi connectivity index (χ1) is 12.9. The SMILES string of the molecule is CC(C)c1cc(=O)n(CC2CCN(C(=O)c3cccn(C)c3=O)CC2)cn1. The number of piperidine rings is 1. The van der Waals surface area contributed by atoms with Gasteiger partial charge < -0.3 is 9.47 Å². The number of carbonyl (C=O) groups is 1. The summed E-state index contributed by atoms with van der Waals surface area (Å²) < 4.78 is 3.07. The van der Waals surface area contributed by atoms with E-state index in [0.717, 1.165) is 18.5 Å². The first-order valence-electron chi connectivity index (χ1n) is 9.38. The minimum Gasteiger partial charge on any atom is -0.338 e. The molecule has 1 aliphatic heterocycles. The Morgan fingerprint density at radius 2 is 1.96 bits per heavy atom. The van der Waals surface area contributed by atoms with E-state index in [2.05, 4.69) is 4.98 Å². The molecule has 3 rings (SSSR count). The van der Waals surface area contributed by atoms with Crippen LogP contribution in [0, 0.1) is 5.92 Å². The van der Waals surface area contributed by atoms with Crippen molar-refractivity contribution in [1.29, 1.82) is 0 Å². The number of aryl methyl sites for hydroxylation is 1. The Morgan fingerprint density at radius 1 is 1.26 bits per heavy atom. The Labute approximate surface area is 158 Å². The van der Waals surface area contributed by atoms with E-state index in [9.17, 15) is 14.4 Å². The van der Waals surface area contributed by atoms with Crippen molar-refractivity contribution >= 4 is 5.91 Å². The van der Waals surface area contributed by atoms with Crippen molar-refractivity contribution in [1.82, 2.24) is 19.0 Å². The van der Waals surface area contributed by atoms with Crippen LogP contribution in [0.3, 0.4) is 0 Å². The molecule has 0 unspecified atom stereocenters. The zero-order valence-corrected chi connectivity index (χ0v) is 16.1. The molecular weight excluding hydrogens is 344 g/mol. The predicted molar refractivity (Wildman–Crippen MR) is 103 cm³/mol. The van der Waals surface area contributed by atoms with Crippen LogP contribution < -0.4 is 11.1 Å². The van der Waals surface area contributed by atoms with E-state index in [1.807, 2.05) is 13.8 Å². The molecule has 2 aromatic rings. The van der Waals surface area contributed by atoms with Gasteiger partial charge in [-0.1, -0.05) is 13.8 Å². The zero-order chi connectivity index (χ0) is 19.6. The van der Waals surface area contributed by atoms with E-state index in [4.69, 9.17) is 0 Å². The predicted octanol–water partition coefficient (Wildman–Crippen LogP) is 1.62. The molecule has 0 bridgehead atoms. The largest absolute Gasteiger partial charge is 0.338 e. The molecule has 1 aliphatic rings. The van der Waals surface area contributed by atoms with E-state index < -0.39 is 0 Å². The summed E-state index contributed by atoms with van der Waals surface area (Å²) in [6, 6.07) is 4.90. The fourth-order valence-corrected chi connectivity index (χ4v) is 3.42. The zero-order valence-electron chi connectivity index (χ0n) is 16.1. The Balaban J connectivity index is 1.62. The number of hydrogen-bond acceptors (Lipinski definition) is 4. The van der Waals surface area contributed by atoms with Crippen LogP contribution >= 0.6 is 0 Å². The number of aromatic nitrogens is 3. The summed E-state index contributed by atoms with van der Waals surface area (Å²) in [4.78, 5) is 43.1. The van der Waals surface area contributed by atoms with Crippen molar-refractivity contribution in [2.75, 3.05) is 13.1 Å². The third kappa shape index (κ3) is 4.18. The lowest BCUT2D eigenvalue weighted by molar-refractivity contribution is 0.0680. The van der Waals surface area contributed by atoms with E-state index in [1.54, 1.807) is 47.2 Å². The lowest BCUT2D eigenvalue weighted by Gasteiger charge is -2.32. The second-order valence-corrected chi connectivity index (χ2v) is 7.53. The highest BCUT2D eigenvalue weighted by molar-refractivity contribution is 5.93. The molecule has 0 aromatic carbocycles. The minimum atomic E-state index is -0.271. The summed E-state index contributed by atoms with van der Waals surface area (Å²) in [5.74, 6) is 0.333. The molecule has 0 atom stereocenters. The molecule has 27 heavy (non-hydrogen) atoms. The van der Waals surface area contributed by atoms with Gasteiger partial charge in [0.15, 0.2) is 0 Å². The summed E-state index contributed by atoms with van der Waals surface area (Å²) >= 11 is 0. The van der Waals surface area contributed by atoms with Crippen molar-refractivity contribution < 1.29 is 4.79 Å². The van der Waals surface area contributed by atoms with Gasteiger partial charge in [-0.3, -0.25) is 19.0 Å². The average Bonchev–Trinajstić information content (AvgIpc) is 2.65. The summed E-state index contributed by atoms with van der Waals surface area (Å²) in [7, 11) is 1.64. The molecule has 1 amide bonds. The van der Waals surface area contributed by atoms with E-state index in [1.165, 1.54) is 4.57 Å². The van der Waals surface area contributed by atoms with Crippen molar-refractivity contribution in [3.8, 4) is 0 Å². The number of pyridine rings is 1. The standard InChI is InChI=1S/C20H26N4O3/c1-14(2)17-11-18(25)24(13-21-17)12-15-6-9-23(10-7-15)20(27)16-5-4-8-22(3)19(16)26/h4-5,8,11,13-15H,6-7,9-10,12H2,1-3H3. The molecule has 1 fully saturated rings. The van der Waals surface area contributed by atoms with Crippen LogP contribution in [-0.4, -0.2) is 38.0 Å². The normalized spacial score (nSPS) is 15.3. The van der Waals surface area contributed by atoms with E-state index in [0.29, 0.717) is 25.6 Å². The van der Waals surface area contributed by atoms with Crippen LogP contribution in [0.2, 0.25) is 0 Å². The first-order valence-corrected chi connectivity index (χ1v) is 9.38. The lowest BCUT2D eigenvalue weighted by Crippen LogP contribution is -2.42. The maximum Gasteiger partial charge on any atom is 0.263 e. The van der Waals surface area contributed by atoms with E-state index in [-0.39, 0.29) is 28.5 Å². The molecule has 7 heteroatoms. The number of hydrogen-bond donors (Lipinski definition) is 0. The molecule has 2 aromatic heterocycles. The van der Waals surface area contributed by atoms with Crippen molar-refractivity contribution in [2.45, 2.75) is 39.2 Å². The molecule has 0 spiro atoms. The quantitative estimate of drug-likeness (QED) is 0.819. The van der Waals surface area contributed by atoms with Gasteiger partial charge in [0.25, 0.3) is 17.0 Å². The summed E-state index contributed by atoms with van der Waals surface area (Å²) in [5.41, 5.74) is 0.719. The number of rotatable bonds is 4. The minimum absolute atomic E-state index is 0.0278. The van der Waals surface area contributed by atoms with Gasteiger partial charge >= 0.3 is 0 Å². The molecule has 144 valence electrons. The van der Waals surface area contributed by atoms with Crippen LogP contribution in [0.5, 0.6) is 0 Å². The maximum atomic E-state index is 12.6. The van der Waals surface area contributed by atoms with E-state index >= 15 is 0 Å². The number of nitrogens with zero attached hydrogens (tertiary/aromatic N) is 4. The van der Waals surface area contributed by atoms with Gasteiger partial charge in [0, 0.05) is 38.9 Å². The van der Waals surface area contributed by atoms with Gasteiger partial charge in [0.05, 0.1) is 12.0 Å². The van der Waals surface area contributed by atoms with Gasteiger partial charge in [0.1, 0.15) is 5.56 Å². The van der Waals surface area contributed by atoms with Crippen LogP contribution in [0.25, 0.3) is 0 Å². The highest BCUT2D eigenvalue weighted by Crippen LogP contribution is 2.20. The topological polar surface area (TPSA) is 77.2 Å². The Hall–Kier alpha value is -2.70. The Morgan fingerprint density at radius 3 is 2.59 bits per heavy atom. The highest BCUT2D eigenvalue weighted by Gasteiger charge is 2.25. The highest BCUT2D eigenvalue weighted by atomic mass is 16.2. The van der Waals surface area contributed by atoms with Crippen molar-refractivity contribution in [2.24, 2.45) is 13.0 Å². The molecule has 0 radical (unpaired) electrons. The van der Waals surface area contributed by atoms with Gasteiger partial charge in [0.2, 0.25) is 0 Å². The fraction of sp³-hybridized carbons (Fsp3) is 0.500. The first kappa shape index (κ1) is 19.1. The number of likely N-dealkylation sites (tertiary alicyclic amines) is 1. The van der Waals surface area contributed by atoms with Crippen LogP contribution in [0.15, 0.2) is 40.3 Å². The monoisotopic (exact) mass is 370 g/mol. The van der Waals surface area contributed by atoms with Crippen molar-refractivity contribution in [3.63, 3.8) is 0 Å². The molecule has 1 saturated heterocycles. The van der Waals surface area contributed by atoms with Crippen LogP contribution in [-0.2, 0) is 13.6 Å². The molecule has 0 N–H and O–H groups in total. The molecule has 0 saturated carbocycles. The summed E-state index contributed by atoms with van der Waals surface area (Å²) in [6.07, 6.45) is 4.87. The van der Waals surface area contributed by atoms with Gasteiger partial charge in [-0.15, -0.1) is 0 Å². The average molecular weight is 370 g/mol. The molecule has 3 heterocycles. The van der Waals surface area contributed by atoms with Gasteiger partial charge in [-0.25, -0.2) is 4.98 Å². The number of amides is 1. The molecular formula is C20H26N4O3. The van der Waals surface area contributed by atoms with Gasteiger partial charge in [-0.2, -0.15) is 0 Å². The molecule has 7 nitrogen and oxygen atoms in total. The Kier molecular flexibility index (Phi) is 5.58. The molecule has 0 aliphatic carbocycles. The van der Waals surface area contributed by atoms with Crippen LogP contribution in [0.1, 0.15) is 48.7 Å². The lowest BCUT2D eigenvalue weighted by atomic mass is 9.96. The van der Waals surface area contributed by atoms with Gasteiger partial charge in [-0.05, 0) is 36.8 Å². The number of carbonyl (C=O) groups excluding carboxylic acids is 1. The maximum absolute atomic E-state index is 12.6. The smallest absolute Gasteiger partial charge is 0.263 e.